The van der Waals surface area contributed by atoms with Crippen LogP contribution in [0.3, 0.4) is 0 Å². The Morgan fingerprint density at radius 3 is 2.43 bits per heavy atom. The molecule has 0 radical (unpaired) electrons. The van der Waals surface area contributed by atoms with Gasteiger partial charge in [-0.1, -0.05) is 24.3 Å². The van der Waals surface area contributed by atoms with E-state index in [9.17, 15) is 23.3 Å². The average Bonchev–Trinajstić information content (AvgIpc) is 2.74. The molecule has 1 saturated heterocycles. The molecule has 1 aliphatic heterocycles. The number of piperidine rings is 1. The van der Waals surface area contributed by atoms with Crippen molar-refractivity contribution < 1.29 is 18.1 Å². The van der Waals surface area contributed by atoms with Gasteiger partial charge in [0.05, 0.1) is 15.9 Å². The van der Waals surface area contributed by atoms with Crippen molar-refractivity contribution in [1.29, 1.82) is 0 Å². The number of nitro benzene ring substituents is 1. The Bertz CT molecular complexity index is 1000. The third-order valence-corrected chi connectivity index (χ3v) is 6.69. The topological polar surface area (TPSA) is 122 Å². The number of nitrogens with zero attached hydrogens (tertiary/aromatic N) is 2. The van der Waals surface area contributed by atoms with Crippen LogP contribution in [0.5, 0.6) is 0 Å². The molecule has 0 aromatic heterocycles. The lowest BCUT2D eigenvalue weighted by molar-refractivity contribution is -0.384. The number of benzene rings is 2. The van der Waals surface area contributed by atoms with Gasteiger partial charge in [-0.2, -0.15) is 0 Å². The quantitative estimate of drug-likeness (QED) is 0.512. The molecule has 1 amide bonds. The number of nitrogens with one attached hydrogen (secondary N) is 2. The highest BCUT2D eigenvalue weighted by atomic mass is 32.2. The highest BCUT2D eigenvalue weighted by Gasteiger charge is 2.29. The smallest absolute Gasteiger partial charge is 0.271 e. The van der Waals surface area contributed by atoms with Gasteiger partial charge >= 0.3 is 0 Å². The molecule has 1 heterocycles. The Balaban J connectivity index is 1.53. The van der Waals surface area contributed by atoms with Crippen LogP contribution in [-0.4, -0.2) is 49.3 Å². The second kappa shape index (κ2) is 9.33. The first-order chi connectivity index (χ1) is 14.3. The Hall–Kier alpha value is -2.82. The second-order valence-electron chi connectivity index (χ2n) is 7.22. The zero-order valence-electron chi connectivity index (χ0n) is 16.5. The summed E-state index contributed by atoms with van der Waals surface area (Å²) in [4.78, 5) is 25.1. The minimum atomic E-state index is -3.57. The molecule has 1 aliphatic rings. The SMILES string of the molecule is CC(C(=O)Nc1cccc([N+](=O)[O-])c1)N1CCC(NS(=O)(=O)c2ccccc2)CC1. The molecular formula is C20H24N4O5S. The van der Waals surface area contributed by atoms with E-state index in [1.807, 2.05) is 4.90 Å². The van der Waals surface area contributed by atoms with Gasteiger partial charge in [0.15, 0.2) is 0 Å². The standard InChI is InChI=1S/C20H24N4O5S/c1-15(20(25)21-17-6-5-7-18(14-17)24(26)27)23-12-10-16(11-13-23)22-30(28,29)19-8-3-2-4-9-19/h2-9,14-16,22H,10-13H2,1H3,(H,21,25). The van der Waals surface area contributed by atoms with E-state index >= 15 is 0 Å². The van der Waals surface area contributed by atoms with Gasteiger partial charge in [0.2, 0.25) is 15.9 Å². The van der Waals surface area contributed by atoms with Gasteiger partial charge < -0.3 is 5.32 Å². The number of carbonyl (C=O) groups excluding carboxylic acids is 1. The molecule has 1 atom stereocenters. The van der Waals surface area contributed by atoms with Crippen molar-refractivity contribution in [3.63, 3.8) is 0 Å². The Labute approximate surface area is 175 Å². The maximum absolute atomic E-state index is 12.6. The van der Waals surface area contributed by atoms with Crippen molar-refractivity contribution in [2.24, 2.45) is 0 Å². The number of non-ortho nitro benzene ring substituents is 1. The first-order valence-electron chi connectivity index (χ1n) is 9.63. The summed E-state index contributed by atoms with van der Waals surface area (Å²) >= 11 is 0. The van der Waals surface area contributed by atoms with E-state index in [1.54, 1.807) is 43.3 Å². The summed E-state index contributed by atoms with van der Waals surface area (Å²) in [7, 11) is -3.57. The van der Waals surface area contributed by atoms with E-state index in [-0.39, 0.29) is 22.5 Å². The third kappa shape index (κ3) is 5.41. The summed E-state index contributed by atoms with van der Waals surface area (Å²) < 4.78 is 27.7. The minimum absolute atomic E-state index is 0.0908. The van der Waals surface area contributed by atoms with Crippen molar-refractivity contribution in [3.05, 3.63) is 64.7 Å². The molecule has 0 saturated carbocycles. The molecule has 0 bridgehead atoms. The van der Waals surface area contributed by atoms with Crippen LogP contribution >= 0.6 is 0 Å². The van der Waals surface area contributed by atoms with Crippen LogP contribution in [-0.2, 0) is 14.8 Å². The number of carbonyl (C=O) groups is 1. The highest BCUT2D eigenvalue weighted by molar-refractivity contribution is 7.89. The van der Waals surface area contributed by atoms with Gasteiger partial charge in [-0.05, 0) is 38.0 Å². The molecule has 2 aromatic carbocycles. The zero-order chi connectivity index (χ0) is 21.7. The number of hydrogen-bond donors (Lipinski definition) is 2. The van der Waals surface area contributed by atoms with Crippen LogP contribution in [0.4, 0.5) is 11.4 Å². The van der Waals surface area contributed by atoms with E-state index < -0.39 is 21.0 Å². The lowest BCUT2D eigenvalue weighted by atomic mass is 10.0. The highest BCUT2D eigenvalue weighted by Crippen LogP contribution is 2.20. The van der Waals surface area contributed by atoms with Crippen LogP contribution in [0, 0.1) is 10.1 Å². The van der Waals surface area contributed by atoms with E-state index in [0.29, 0.717) is 31.6 Å². The number of amides is 1. The molecule has 2 aromatic rings. The predicted molar refractivity (Wildman–Crippen MR) is 113 cm³/mol. The van der Waals surface area contributed by atoms with E-state index in [0.717, 1.165) is 0 Å². The average molecular weight is 433 g/mol. The molecule has 0 aliphatic carbocycles. The Morgan fingerprint density at radius 2 is 1.80 bits per heavy atom. The van der Waals surface area contributed by atoms with E-state index in [2.05, 4.69) is 10.0 Å². The van der Waals surface area contributed by atoms with Crippen LogP contribution in [0.1, 0.15) is 19.8 Å². The van der Waals surface area contributed by atoms with E-state index in [4.69, 9.17) is 0 Å². The van der Waals surface area contributed by atoms with Crippen molar-refractivity contribution >= 4 is 27.3 Å². The number of likely N-dealkylation sites (tertiary alicyclic amines) is 1. The molecule has 160 valence electrons. The van der Waals surface area contributed by atoms with Crippen LogP contribution in [0.2, 0.25) is 0 Å². The molecule has 2 N–H and O–H groups in total. The Kier molecular flexibility index (Phi) is 6.80. The van der Waals surface area contributed by atoms with Gasteiger partial charge in [-0.3, -0.25) is 19.8 Å². The summed E-state index contributed by atoms with van der Waals surface area (Å²) in [6, 6.07) is 13.4. The Morgan fingerprint density at radius 1 is 1.13 bits per heavy atom. The summed E-state index contributed by atoms with van der Waals surface area (Å²) in [6.45, 7) is 2.89. The lowest BCUT2D eigenvalue weighted by Crippen LogP contribution is -2.50. The van der Waals surface area contributed by atoms with Gasteiger partial charge in [-0.25, -0.2) is 13.1 Å². The van der Waals surface area contributed by atoms with Crippen molar-refractivity contribution in [3.8, 4) is 0 Å². The van der Waals surface area contributed by atoms with Crippen molar-refractivity contribution in [2.45, 2.75) is 36.7 Å². The van der Waals surface area contributed by atoms with Gasteiger partial charge in [0.25, 0.3) is 5.69 Å². The van der Waals surface area contributed by atoms with Crippen LogP contribution < -0.4 is 10.0 Å². The molecule has 0 spiro atoms. The molecule has 30 heavy (non-hydrogen) atoms. The number of hydrogen-bond acceptors (Lipinski definition) is 6. The number of rotatable bonds is 7. The molecule has 9 nitrogen and oxygen atoms in total. The lowest BCUT2D eigenvalue weighted by Gasteiger charge is -2.35. The molecule has 1 unspecified atom stereocenters. The predicted octanol–water partition coefficient (Wildman–Crippen LogP) is 2.36. The zero-order valence-corrected chi connectivity index (χ0v) is 17.3. The largest absolute Gasteiger partial charge is 0.324 e. The molecular weight excluding hydrogens is 408 g/mol. The van der Waals surface area contributed by atoms with Crippen molar-refractivity contribution in [1.82, 2.24) is 9.62 Å². The van der Waals surface area contributed by atoms with Gasteiger partial charge in [0.1, 0.15) is 0 Å². The molecule has 1 fully saturated rings. The third-order valence-electron chi connectivity index (χ3n) is 5.16. The summed E-state index contributed by atoms with van der Waals surface area (Å²) in [5.74, 6) is -0.265. The first-order valence-corrected chi connectivity index (χ1v) is 11.1. The van der Waals surface area contributed by atoms with Crippen LogP contribution in [0.15, 0.2) is 59.5 Å². The fourth-order valence-corrected chi connectivity index (χ4v) is 4.73. The second-order valence-corrected chi connectivity index (χ2v) is 8.93. The van der Waals surface area contributed by atoms with E-state index in [1.165, 1.54) is 18.2 Å². The summed E-state index contributed by atoms with van der Waals surface area (Å²) in [5.41, 5.74) is 0.276. The summed E-state index contributed by atoms with van der Waals surface area (Å²) in [5, 5.41) is 13.6. The number of sulfonamides is 1. The summed E-state index contributed by atoms with van der Waals surface area (Å²) in [6.07, 6.45) is 1.17. The first kappa shape index (κ1) is 21.9. The van der Waals surface area contributed by atoms with Gasteiger partial charge in [0, 0.05) is 37.0 Å². The van der Waals surface area contributed by atoms with Crippen molar-refractivity contribution in [2.75, 3.05) is 18.4 Å². The minimum Gasteiger partial charge on any atom is -0.324 e. The maximum atomic E-state index is 12.6. The van der Waals surface area contributed by atoms with Crippen LogP contribution in [0.25, 0.3) is 0 Å². The number of nitro groups is 1. The monoisotopic (exact) mass is 432 g/mol. The molecule has 10 heteroatoms. The molecule has 3 rings (SSSR count). The van der Waals surface area contributed by atoms with Gasteiger partial charge in [-0.15, -0.1) is 0 Å². The normalized spacial score (nSPS) is 16.7. The fraction of sp³-hybridized carbons (Fsp3) is 0.350. The maximum Gasteiger partial charge on any atom is 0.271 e. The number of anilines is 1. The fourth-order valence-electron chi connectivity index (χ4n) is 3.40.